The summed E-state index contributed by atoms with van der Waals surface area (Å²) >= 11 is 0. The lowest BCUT2D eigenvalue weighted by molar-refractivity contribution is -0.0489. The van der Waals surface area contributed by atoms with Gasteiger partial charge in [-0.25, -0.2) is 9.78 Å². The van der Waals surface area contributed by atoms with E-state index in [-0.39, 0.29) is 12.5 Å². The second-order valence-corrected chi connectivity index (χ2v) is 6.30. The predicted octanol–water partition coefficient (Wildman–Crippen LogP) is -0.371. The molecule has 1 aliphatic heterocycles. The fraction of sp³-hybridized carbons (Fsp3) is 0.562. The second kappa shape index (κ2) is 6.95. The normalized spacial score (nSPS) is 27.5. The van der Waals surface area contributed by atoms with Gasteiger partial charge in [-0.2, -0.15) is 0 Å². The zero-order valence-corrected chi connectivity index (χ0v) is 14.0. The summed E-state index contributed by atoms with van der Waals surface area (Å²) in [6.45, 7) is 3.17. The third kappa shape index (κ3) is 3.06. The van der Waals surface area contributed by atoms with Crippen LogP contribution in [0.1, 0.15) is 36.7 Å². The van der Waals surface area contributed by atoms with E-state index in [4.69, 9.17) is 4.74 Å². The molecule has 0 radical (unpaired) electrons. The first-order valence-electron chi connectivity index (χ1n) is 8.23. The van der Waals surface area contributed by atoms with Crippen LogP contribution < -0.4 is 11.2 Å². The number of hydrogen-bond acceptors (Lipinski definition) is 6. The van der Waals surface area contributed by atoms with E-state index in [1.165, 1.54) is 10.8 Å². The Labute approximate surface area is 143 Å². The second-order valence-electron chi connectivity index (χ2n) is 6.30. The Bertz CT molecular complexity index is 828. The summed E-state index contributed by atoms with van der Waals surface area (Å²) in [4.78, 5) is 33.3. The van der Waals surface area contributed by atoms with Crippen molar-refractivity contribution in [2.45, 2.75) is 44.6 Å². The van der Waals surface area contributed by atoms with Crippen molar-refractivity contribution in [1.82, 2.24) is 19.5 Å². The van der Waals surface area contributed by atoms with E-state index < -0.39 is 35.6 Å². The number of nitrogens with zero attached hydrogens (tertiary/aromatic N) is 2. The van der Waals surface area contributed by atoms with Gasteiger partial charge < -0.3 is 19.9 Å². The molecule has 4 N–H and O–H groups in total. The fourth-order valence-corrected chi connectivity index (χ4v) is 3.53. The van der Waals surface area contributed by atoms with Crippen LogP contribution >= 0.6 is 0 Å². The molecule has 2 unspecified atom stereocenters. The van der Waals surface area contributed by atoms with Crippen molar-refractivity contribution in [3.05, 3.63) is 50.8 Å². The molecule has 25 heavy (non-hydrogen) atoms. The standard InChI is InChI=1S/C16H22N4O5/c1-3-9(10-4-17-7-18-10)12-13(22)11(6-21)25-15(12)20-5-8(2)14(23)19-16(20)24/h4-5,7,9,11-13,15,21-22H,3,6H2,1-2H3,(H,17,18)(H,19,23,24)/t9?,11-,12?,13-,15-/m1/s1. The van der Waals surface area contributed by atoms with Crippen LogP contribution in [0.25, 0.3) is 0 Å². The number of H-pyrrole nitrogens is 2. The molecule has 1 saturated heterocycles. The molecule has 3 rings (SSSR count). The fourth-order valence-electron chi connectivity index (χ4n) is 3.53. The van der Waals surface area contributed by atoms with Crippen molar-refractivity contribution < 1.29 is 14.9 Å². The Morgan fingerprint density at radius 2 is 2.20 bits per heavy atom. The van der Waals surface area contributed by atoms with Crippen molar-refractivity contribution in [1.29, 1.82) is 0 Å². The van der Waals surface area contributed by atoms with E-state index in [9.17, 15) is 19.8 Å². The van der Waals surface area contributed by atoms with E-state index in [0.29, 0.717) is 12.0 Å². The van der Waals surface area contributed by atoms with E-state index in [0.717, 1.165) is 5.69 Å². The number of aromatic amines is 2. The number of ether oxygens (including phenoxy) is 1. The maximum absolute atomic E-state index is 12.3. The highest BCUT2D eigenvalue weighted by molar-refractivity contribution is 5.11. The lowest BCUT2D eigenvalue weighted by atomic mass is 9.82. The lowest BCUT2D eigenvalue weighted by Crippen LogP contribution is -2.38. The summed E-state index contributed by atoms with van der Waals surface area (Å²) in [6, 6.07) is 0. The highest BCUT2D eigenvalue weighted by Gasteiger charge is 2.48. The third-order valence-corrected chi connectivity index (χ3v) is 4.82. The Kier molecular flexibility index (Phi) is 4.89. The molecule has 1 fully saturated rings. The summed E-state index contributed by atoms with van der Waals surface area (Å²) in [5.41, 5.74) is 0.0207. The third-order valence-electron chi connectivity index (χ3n) is 4.82. The van der Waals surface area contributed by atoms with Crippen LogP contribution in [0.3, 0.4) is 0 Å². The van der Waals surface area contributed by atoms with Gasteiger partial charge in [0.1, 0.15) is 12.3 Å². The lowest BCUT2D eigenvalue weighted by Gasteiger charge is -2.28. The minimum atomic E-state index is -0.976. The van der Waals surface area contributed by atoms with Crippen molar-refractivity contribution in [3.8, 4) is 0 Å². The van der Waals surface area contributed by atoms with E-state index in [2.05, 4.69) is 15.0 Å². The zero-order chi connectivity index (χ0) is 18.1. The molecule has 0 amide bonds. The molecule has 136 valence electrons. The molecule has 0 bridgehead atoms. The molecular formula is C16H22N4O5. The van der Waals surface area contributed by atoms with Gasteiger partial charge in [0.15, 0.2) is 0 Å². The molecule has 3 heterocycles. The molecule has 0 aromatic carbocycles. The summed E-state index contributed by atoms with van der Waals surface area (Å²) in [6.07, 6.45) is 2.75. The van der Waals surface area contributed by atoms with Crippen molar-refractivity contribution in [2.24, 2.45) is 5.92 Å². The molecule has 2 aromatic heterocycles. The summed E-state index contributed by atoms with van der Waals surface area (Å²) < 4.78 is 7.05. The van der Waals surface area contributed by atoms with E-state index >= 15 is 0 Å². The van der Waals surface area contributed by atoms with Gasteiger partial charge in [0.05, 0.1) is 24.7 Å². The molecular weight excluding hydrogens is 328 g/mol. The van der Waals surface area contributed by atoms with E-state index in [1.807, 2.05) is 6.92 Å². The van der Waals surface area contributed by atoms with Gasteiger partial charge in [-0.05, 0) is 13.3 Å². The number of aliphatic hydroxyl groups is 2. The summed E-state index contributed by atoms with van der Waals surface area (Å²) in [5.74, 6) is -0.699. The number of nitrogens with one attached hydrogen (secondary N) is 2. The first-order valence-corrected chi connectivity index (χ1v) is 8.23. The molecule has 1 aliphatic rings. The first-order chi connectivity index (χ1) is 12.0. The highest BCUT2D eigenvalue weighted by Crippen LogP contribution is 2.44. The Morgan fingerprint density at radius 3 is 2.80 bits per heavy atom. The van der Waals surface area contributed by atoms with Gasteiger partial charge in [-0.3, -0.25) is 14.3 Å². The van der Waals surface area contributed by atoms with E-state index in [1.54, 1.807) is 19.4 Å². The van der Waals surface area contributed by atoms with Crippen LogP contribution in [-0.2, 0) is 4.74 Å². The van der Waals surface area contributed by atoms with Crippen molar-refractivity contribution in [2.75, 3.05) is 6.61 Å². The number of hydrogen-bond donors (Lipinski definition) is 4. The van der Waals surface area contributed by atoms with Crippen molar-refractivity contribution >= 4 is 0 Å². The number of imidazole rings is 1. The van der Waals surface area contributed by atoms with Crippen LogP contribution in [0.4, 0.5) is 0 Å². The zero-order valence-electron chi connectivity index (χ0n) is 14.0. The first kappa shape index (κ1) is 17.6. The molecule has 0 aliphatic carbocycles. The smallest absolute Gasteiger partial charge is 0.330 e. The van der Waals surface area contributed by atoms with Gasteiger partial charge in [-0.15, -0.1) is 0 Å². The van der Waals surface area contributed by atoms with Crippen LogP contribution in [-0.4, -0.2) is 48.5 Å². The van der Waals surface area contributed by atoms with Gasteiger partial charge in [0.25, 0.3) is 5.56 Å². The average Bonchev–Trinajstić information content (AvgIpc) is 3.21. The van der Waals surface area contributed by atoms with Gasteiger partial charge in [0.2, 0.25) is 0 Å². The number of aliphatic hydroxyl groups excluding tert-OH is 2. The molecule has 9 nitrogen and oxygen atoms in total. The molecule has 0 spiro atoms. The van der Waals surface area contributed by atoms with Crippen molar-refractivity contribution in [3.63, 3.8) is 0 Å². The highest BCUT2D eigenvalue weighted by atomic mass is 16.5. The SMILES string of the molecule is CCC(c1c[nH]cn1)C1[C@H](n2cc(C)c(=O)[nH]c2=O)O[C@H](CO)[C@H]1O. The molecule has 5 atom stereocenters. The Balaban J connectivity index is 2.08. The van der Waals surface area contributed by atoms with Crippen LogP contribution in [0.2, 0.25) is 0 Å². The Hall–Kier alpha value is -2.23. The minimum absolute atomic E-state index is 0.193. The van der Waals surface area contributed by atoms with Crippen LogP contribution in [0.5, 0.6) is 0 Å². The average molecular weight is 350 g/mol. The number of aromatic nitrogens is 4. The monoisotopic (exact) mass is 350 g/mol. The topological polar surface area (TPSA) is 133 Å². The maximum Gasteiger partial charge on any atom is 0.330 e. The molecule has 0 saturated carbocycles. The minimum Gasteiger partial charge on any atom is -0.394 e. The molecule has 9 heteroatoms. The maximum atomic E-state index is 12.3. The van der Waals surface area contributed by atoms with Gasteiger partial charge in [0, 0.05) is 29.8 Å². The summed E-state index contributed by atoms with van der Waals surface area (Å²) in [7, 11) is 0. The number of rotatable bonds is 5. The van der Waals surface area contributed by atoms with Gasteiger partial charge in [-0.1, -0.05) is 6.92 Å². The van der Waals surface area contributed by atoms with Gasteiger partial charge >= 0.3 is 5.69 Å². The molecule has 2 aromatic rings. The predicted molar refractivity (Wildman–Crippen MR) is 88.2 cm³/mol. The van der Waals surface area contributed by atoms with Crippen LogP contribution in [0.15, 0.2) is 28.3 Å². The largest absolute Gasteiger partial charge is 0.394 e. The Morgan fingerprint density at radius 1 is 1.44 bits per heavy atom. The quantitative estimate of drug-likeness (QED) is 0.581. The summed E-state index contributed by atoms with van der Waals surface area (Å²) in [5, 5.41) is 20.2. The van der Waals surface area contributed by atoms with Crippen LogP contribution in [0, 0.1) is 12.8 Å². The number of aryl methyl sites for hydroxylation is 1.